The summed E-state index contributed by atoms with van der Waals surface area (Å²) in [6.07, 6.45) is -5.07. The van der Waals surface area contributed by atoms with Crippen LogP contribution in [0.25, 0.3) is 0 Å². The summed E-state index contributed by atoms with van der Waals surface area (Å²) in [4.78, 5) is 20.8. The number of aromatic carboxylic acids is 1. The molecule has 0 radical (unpaired) electrons. The highest BCUT2D eigenvalue weighted by molar-refractivity contribution is 7.92. The Balaban J connectivity index is 2.69. The van der Waals surface area contributed by atoms with Crippen molar-refractivity contribution < 1.29 is 36.4 Å². The van der Waals surface area contributed by atoms with Gasteiger partial charge in [0, 0.05) is 6.07 Å². The number of nitro benzene ring substituents is 1. The van der Waals surface area contributed by atoms with E-state index in [9.17, 15) is 36.5 Å². The third-order valence-electron chi connectivity index (χ3n) is 3.44. The van der Waals surface area contributed by atoms with Crippen LogP contribution in [-0.2, 0) is 16.2 Å². The van der Waals surface area contributed by atoms with Gasteiger partial charge in [0.05, 0.1) is 20.9 Å². The van der Waals surface area contributed by atoms with Crippen molar-refractivity contribution in [2.75, 3.05) is 4.72 Å². The van der Waals surface area contributed by atoms with Crippen LogP contribution in [0.3, 0.4) is 0 Å². The van der Waals surface area contributed by atoms with Crippen molar-refractivity contribution in [2.45, 2.75) is 18.0 Å². The monoisotopic (exact) mass is 404 g/mol. The Bertz CT molecular complexity index is 982. The van der Waals surface area contributed by atoms with E-state index in [0.717, 1.165) is 12.1 Å². The highest BCUT2D eigenvalue weighted by atomic mass is 32.2. The van der Waals surface area contributed by atoms with Gasteiger partial charge < -0.3 is 5.11 Å². The Morgan fingerprint density at radius 3 is 2.19 bits per heavy atom. The van der Waals surface area contributed by atoms with Crippen LogP contribution in [0.1, 0.15) is 21.5 Å². The number of rotatable bonds is 5. The van der Waals surface area contributed by atoms with Crippen LogP contribution in [0.15, 0.2) is 41.3 Å². The summed E-state index contributed by atoms with van der Waals surface area (Å²) < 4.78 is 65.2. The average Bonchev–Trinajstić information content (AvgIpc) is 2.53. The van der Waals surface area contributed by atoms with E-state index in [4.69, 9.17) is 5.11 Å². The summed E-state index contributed by atoms with van der Waals surface area (Å²) in [7, 11) is -4.49. The Kier molecular flexibility index (Phi) is 5.13. The van der Waals surface area contributed by atoms with Crippen molar-refractivity contribution in [3.63, 3.8) is 0 Å². The van der Waals surface area contributed by atoms with Gasteiger partial charge in [-0.1, -0.05) is 17.7 Å². The van der Waals surface area contributed by atoms with Crippen LogP contribution in [0.4, 0.5) is 24.5 Å². The van der Waals surface area contributed by atoms with Crippen molar-refractivity contribution in [1.29, 1.82) is 0 Å². The first-order valence-electron chi connectivity index (χ1n) is 7.05. The summed E-state index contributed by atoms with van der Waals surface area (Å²) in [5, 5.41) is 20.3. The van der Waals surface area contributed by atoms with E-state index in [-0.39, 0.29) is 17.0 Å². The molecule has 2 rings (SSSR count). The summed E-state index contributed by atoms with van der Waals surface area (Å²) >= 11 is 0. The number of benzene rings is 2. The second-order valence-corrected chi connectivity index (χ2v) is 7.08. The number of nitro groups is 1. The molecule has 0 unspecified atom stereocenters. The van der Waals surface area contributed by atoms with Crippen molar-refractivity contribution >= 4 is 27.4 Å². The van der Waals surface area contributed by atoms with E-state index in [2.05, 4.69) is 0 Å². The van der Waals surface area contributed by atoms with Gasteiger partial charge in [0.2, 0.25) is 0 Å². The fraction of sp³-hybridized carbons (Fsp3) is 0.133. The summed E-state index contributed by atoms with van der Waals surface area (Å²) in [6.45, 7) is 1.67. The zero-order valence-corrected chi connectivity index (χ0v) is 14.3. The van der Waals surface area contributed by atoms with Crippen molar-refractivity contribution in [1.82, 2.24) is 0 Å². The quantitative estimate of drug-likeness (QED) is 0.581. The van der Waals surface area contributed by atoms with Gasteiger partial charge >= 0.3 is 12.1 Å². The van der Waals surface area contributed by atoms with E-state index in [0.29, 0.717) is 5.56 Å². The van der Waals surface area contributed by atoms with E-state index in [1.807, 2.05) is 0 Å². The molecule has 0 heterocycles. The van der Waals surface area contributed by atoms with Gasteiger partial charge in [0.15, 0.2) is 0 Å². The molecule has 0 aliphatic rings. The number of carboxylic acid groups (broad SMARTS) is 1. The minimum atomic E-state index is -5.07. The van der Waals surface area contributed by atoms with E-state index < -0.39 is 49.6 Å². The first kappa shape index (κ1) is 20.2. The number of hydrogen-bond acceptors (Lipinski definition) is 5. The Morgan fingerprint density at radius 1 is 1.19 bits per heavy atom. The molecule has 0 fully saturated rings. The number of alkyl halides is 3. The van der Waals surface area contributed by atoms with Crippen LogP contribution in [-0.4, -0.2) is 24.4 Å². The molecule has 0 aliphatic heterocycles. The number of aryl methyl sites for hydroxylation is 1. The molecule has 0 amide bonds. The number of nitrogens with zero attached hydrogens (tertiary/aromatic N) is 1. The second-order valence-electron chi connectivity index (χ2n) is 5.40. The summed E-state index contributed by atoms with van der Waals surface area (Å²) in [6, 6.07) is 5.37. The summed E-state index contributed by atoms with van der Waals surface area (Å²) in [5.74, 6) is -1.97. The predicted molar refractivity (Wildman–Crippen MR) is 87.0 cm³/mol. The molecular weight excluding hydrogens is 393 g/mol. The van der Waals surface area contributed by atoms with Gasteiger partial charge in [-0.25, -0.2) is 13.2 Å². The Labute approximate surface area is 150 Å². The molecule has 2 N–H and O–H groups in total. The van der Waals surface area contributed by atoms with Crippen LogP contribution in [0.5, 0.6) is 0 Å². The number of hydrogen-bond donors (Lipinski definition) is 2. The first-order chi connectivity index (χ1) is 12.3. The number of sulfonamides is 1. The van der Waals surface area contributed by atoms with Crippen LogP contribution >= 0.6 is 0 Å². The zero-order valence-electron chi connectivity index (χ0n) is 13.4. The third kappa shape index (κ3) is 4.34. The molecule has 2 aromatic carbocycles. The minimum absolute atomic E-state index is 0.0689. The summed E-state index contributed by atoms with van der Waals surface area (Å²) in [5.41, 5.74) is -4.49. The predicted octanol–water partition coefficient (Wildman–Crippen LogP) is 3.42. The van der Waals surface area contributed by atoms with Crippen LogP contribution < -0.4 is 4.72 Å². The molecule has 0 atom stereocenters. The minimum Gasteiger partial charge on any atom is -0.478 e. The molecule has 12 heteroatoms. The number of nitrogens with one attached hydrogen (secondary N) is 1. The smallest absolute Gasteiger partial charge is 0.416 e. The lowest BCUT2D eigenvalue weighted by Crippen LogP contribution is -2.18. The van der Waals surface area contributed by atoms with Gasteiger partial charge in [-0.15, -0.1) is 0 Å². The molecule has 0 aliphatic carbocycles. The second kappa shape index (κ2) is 6.87. The van der Waals surface area contributed by atoms with Gasteiger partial charge in [-0.2, -0.15) is 13.2 Å². The number of halogens is 3. The SMILES string of the molecule is Cc1ccc(S(=O)(=O)Nc2c(C(=O)O)cc(C(F)(F)F)cc2[N+](=O)[O-])cc1. The van der Waals surface area contributed by atoms with Gasteiger partial charge in [0.25, 0.3) is 15.7 Å². The fourth-order valence-corrected chi connectivity index (χ4v) is 3.22. The molecule has 2 aromatic rings. The van der Waals surface area contributed by atoms with Crippen LogP contribution in [0, 0.1) is 17.0 Å². The largest absolute Gasteiger partial charge is 0.478 e. The van der Waals surface area contributed by atoms with Crippen LogP contribution in [0.2, 0.25) is 0 Å². The maximum absolute atomic E-state index is 12.9. The fourth-order valence-electron chi connectivity index (χ4n) is 2.12. The highest BCUT2D eigenvalue weighted by Gasteiger charge is 2.37. The Morgan fingerprint density at radius 2 is 1.74 bits per heavy atom. The lowest BCUT2D eigenvalue weighted by atomic mass is 10.1. The van der Waals surface area contributed by atoms with Gasteiger partial charge in [0.1, 0.15) is 5.69 Å². The van der Waals surface area contributed by atoms with Crippen molar-refractivity contribution in [3.05, 3.63) is 63.2 Å². The van der Waals surface area contributed by atoms with Gasteiger partial charge in [-0.05, 0) is 25.1 Å². The lowest BCUT2D eigenvalue weighted by Gasteiger charge is -2.14. The lowest BCUT2D eigenvalue weighted by molar-refractivity contribution is -0.384. The molecular formula is C15H11F3N2O6S. The highest BCUT2D eigenvalue weighted by Crippen LogP contribution is 2.38. The maximum atomic E-state index is 12.9. The molecule has 0 saturated heterocycles. The van der Waals surface area contributed by atoms with Crippen molar-refractivity contribution in [3.8, 4) is 0 Å². The molecule has 0 spiro atoms. The maximum Gasteiger partial charge on any atom is 0.416 e. The van der Waals surface area contributed by atoms with E-state index in [1.165, 1.54) is 12.1 Å². The number of carboxylic acids is 1. The number of carbonyl (C=O) groups is 1. The Hall–Kier alpha value is -3.15. The molecule has 0 aromatic heterocycles. The van der Waals surface area contributed by atoms with E-state index >= 15 is 0 Å². The topological polar surface area (TPSA) is 127 Å². The average molecular weight is 404 g/mol. The number of anilines is 1. The van der Waals surface area contributed by atoms with E-state index in [1.54, 1.807) is 11.6 Å². The van der Waals surface area contributed by atoms with Crippen molar-refractivity contribution in [2.24, 2.45) is 0 Å². The van der Waals surface area contributed by atoms with Gasteiger partial charge in [-0.3, -0.25) is 14.8 Å². The third-order valence-corrected chi connectivity index (χ3v) is 4.81. The standard InChI is InChI=1S/C15H11F3N2O6S/c1-8-2-4-10(5-3-8)27(25,26)19-13-11(14(21)22)6-9(15(16,17)18)7-12(13)20(23)24/h2-7,19H,1H3,(H,21,22). The molecule has 27 heavy (non-hydrogen) atoms. The molecule has 144 valence electrons. The molecule has 0 bridgehead atoms. The zero-order chi connectivity index (χ0) is 20.6. The molecule has 8 nitrogen and oxygen atoms in total. The normalized spacial score (nSPS) is 11.9. The molecule has 0 saturated carbocycles. The first-order valence-corrected chi connectivity index (χ1v) is 8.53.